The van der Waals surface area contributed by atoms with Crippen LogP contribution >= 0.6 is 0 Å². The summed E-state index contributed by atoms with van der Waals surface area (Å²) in [5, 5.41) is 0. The average Bonchev–Trinajstić information content (AvgIpc) is 2.83. The van der Waals surface area contributed by atoms with Crippen molar-refractivity contribution < 1.29 is 14.3 Å². The third-order valence-electron chi connectivity index (χ3n) is 7.82. The monoisotopic (exact) mass is 443 g/mol. The topological polar surface area (TPSA) is 48.4 Å². The number of ether oxygens (including phenoxy) is 2. The Bertz CT molecular complexity index is 643. The molecule has 0 spiro atoms. The van der Waals surface area contributed by atoms with E-state index < -0.39 is 0 Å². The van der Waals surface area contributed by atoms with Crippen molar-refractivity contribution in [2.45, 2.75) is 110 Å². The van der Waals surface area contributed by atoms with Crippen LogP contribution in [0.2, 0.25) is 0 Å². The molecule has 0 saturated heterocycles. The first-order valence-electron chi connectivity index (χ1n) is 13.5. The van der Waals surface area contributed by atoms with Crippen molar-refractivity contribution >= 4 is 5.97 Å². The summed E-state index contributed by atoms with van der Waals surface area (Å²) in [6.45, 7) is 4.80. The number of pyridine rings is 1. The van der Waals surface area contributed by atoms with Crippen molar-refractivity contribution in [2.24, 2.45) is 23.7 Å². The third-order valence-corrected chi connectivity index (χ3v) is 7.82. The summed E-state index contributed by atoms with van der Waals surface area (Å²) in [7, 11) is 0. The third kappa shape index (κ3) is 8.41. The van der Waals surface area contributed by atoms with Gasteiger partial charge in [-0.15, -0.1) is 0 Å². The van der Waals surface area contributed by atoms with Crippen LogP contribution < -0.4 is 9.47 Å². The van der Waals surface area contributed by atoms with Crippen LogP contribution in [-0.2, 0) is 4.79 Å². The summed E-state index contributed by atoms with van der Waals surface area (Å²) in [5.74, 6) is 3.80. The maximum atomic E-state index is 12.6. The highest BCUT2D eigenvalue weighted by molar-refractivity contribution is 5.75. The molecule has 4 nitrogen and oxygen atoms in total. The second kappa shape index (κ2) is 13.9. The van der Waals surface area contributed by atoms with E-state index in [9.17, 15) is 4.79 Å². The molecule has 2 aliphatic rings. The molecule has 2 saturated carbocycles. The van der Waals surface area contributed by atoms with Gasteiger partial charge in [-0.2, -0.15) is 0 Å². The Balaban J connectivity index is 1.28. The van der Waals surface area contributed by atoms with E-state index in [0.717, 1.165) is 30.6 Å². The molecule has 0 atom stereocenters. The zero-order valence-corrected chi connectivity index (χ0v) is 20.5. The van der Waals surface area contributed by atoms with Crippen LogP contribution in [0.1, 0.15) is 110 Å². The van der Waals surface area contributed by atoms with Crippen LogP contribution in [-0.4, -0.2) is 17.6 Å². The quantitative estimate of drug-likeness (QED) is 0.245. The molecule has 0 N–H and O–H groups in total. The minimum atomic E-state index is -0.0910. The Labute approximate surface area is 195 Å². The van der Waals surface area contributed by atoms with Crippen LogP contribution in [0.15, 0.2) is 18.3 Å². The van der Waals surface area contributed by atoms with E-state index in [1.54, 1.807) is 18.3 Å². The summed E-state index contributed by atoms with van der Waals surface area (Å²) >= 11 is 0. The summed E-state index contributed by atoms with van der Waals surface area (Å²) in [6, 6.07) is 3.52. The predicted octanol–water partition coefficient (Wildman–Crippen LogP) is 7.75. The van der Waals surface area contributed by atoms with Crippen molar-refractivity contribution in [3.63, 3.8) is 0 Å². The highest BCUT2D eigenvalue weighted by atomic mass is 16.5. The number of carbonyl (C=O) groups is 1. The lowest BCUT2D eigenvalue weighted by atomic mass is 9.75. The van der Waals surface area contributed by atoms with Gasteiger partial charge in [-0.3, -0.25) is 4.79 Å². The molecule has 3 rings (SSSR count). The summed E-state index contributed by atoms with van der Waals surface area (Å²) < 4.78 is 10.9. The predicted molar refractivity (Wildman–Crippen MR) is 130 cm³/mol. The number of esters is 1. The molecule has 1 aromatic rings. The molecule has 0 bridgehead atoms. The number of hydrogen-bond acceptors (Lipinski definition) is 4. The molecule has 0 amide bonds. The van der Waals surface area contributed by atoms with Gasteiger partial charge in [-0.1, -0.05) is 77.6 Å². The molecule has 2 fully saturated rings. The first kappa shape index (κ1) is 25.1. The first-order chi connectivity index (χ1) is 15.7. The van der Waals surface area contributed by atoms with Crippen LogP contribution in [0.4, 0.5) is 0 Å². The zero-order valence-electron chi connectivity index (χ0n) is 20.5. The number of aromatic nitrogens is 1. The molecule has 180 valence electrons. The van der Waals surface area contributed by atoms with Gasteiger partial charge < -0.3 is 9.47 Å². The normalized spacial score (nSPS) is 25.9. The number of nitrogens with zero attached hydrogens (tertiary/aromatic N) is 1. The molecule has 1 heterocycles. The maximum absolute atomic E-state index is 12.6. The van der Waals surface area contributed by atoms with Gasteiger partial charge >= 0.3 is 5.97 Å². The van der Waals surface area contributed by atoms with Gasteiger partial charge in [-0.25, -0.2) is 4.98 Å². The van der Waals surface area contributed by atoms with Gasteiger partial charge in [-0.05, 0) is 56.4 Å². The van der Waals surface area contributed by atoms with E-state index in [1.165, 1.54) is 83.5 Å². The number of hydrogen-bond donors (Lipinski definition) is 0. The van der Waals surface area contributed by atoms with Crippen molar-refractivity contribution in [3.8, 4) is 11.6 Å². The molecule has 1 aromatic heterocycles. The van der Waals surface area contributed by atoms with Crippen molar-refractivity contribution in [2.75, 3.05) is 6.61 Å². The Morgan fingerprint density at radius 3 is 2.03 bits per heavy atom. The minimum absolute atomic E-state index is 0.0426. The summed E-state index contributed by atoms with van der Waals surface area (Å²) in [4.78, 5) is 16.7. The fourth-order valence-corrected chi connectivity index (χ4v) is 5.69. The summed E-state index contributed by atoms with van der Waals surface area (Å²) in [6.07, 6.45) is 21.6. The van der Waals surface area contributed by atoms with Crippen molar-refractivity contribution in [1.29, 1.82) is 0 Å². The van der Waals surface area contributed by atoms with E-state index >= 15 is 0 Å². The highest BCUT2D eigenvalue weighted by Gasteiger charge is 2.29. The van der Waals surface area contributed by atoms with Crippen LogP contribution in [0, 0.1) is 23.7 Å². The molecule has 0 aliphatic heterocycles. The lowest BCUT2D eigenvalue weighted by molar-refractivity contribution is -0.140. The fourth-order valence-electron chi connectivity index (χ4n) is 5.69. The van der Waals surface area contributed by atoms with E-state index in [2.05, 4.69) is 11.9 Å². The molecular formula is C28H45NO3. The van der Waals surface area contributed by atoms with E-state index in [4.69, 9.17) is 9.47 Å². The van der Waals surface area contributed by atoms with Gasteiger partial charge in [0.1, 0.15) is 5.75 Å². The fraction of sp³-hybridized carbons (Fsp3) is 0.786. The average molecular weight is 444 g/mol. The Hall–Kier alpha value is -1.58. The maximum Gasteiger partial charge on any atom is 0.314 e. The van der Waals surface area contributed by atoms with Gasteiger partial charge in [0, 0.05) is 6.07 Å². The minimum Gasteiger partial charge on any atom is -0.478 e. The second-order valence-corrected chi connectivity index (χ2v) is 10.2. The van der Waals surface area contributed by atoms with E-state index in [0.29, 0.717) is 18.2 Å². The van der Waals surface area contributed by atoms with Crippen molar-refractivity contribution in [3.05, 3.63) is 18.3 Å². The first-order valence-corrected chi connectivity index (χ1v) is 13.5. The van der Waals surface area contributed by atoms with E-state index in [-0.39, 0.29) is 11.9 Å². The smallest absolute Gasteiger partial charge is 0.314 e. The Kier molecular flexibility index (Phi) is 10.8. The standard InChI is InChI=1S/C28H45NO3/c1-3-5-6-7-8-22-9-11-23(12-10-22)13-14-24-15-17-25(18-16-24)28(30)32-26-19-20-27(29-21-26)31-4-2/h19-25H,3-18H2,1-2H3. The number of carbonyl (C=O) groups excluding carboxylic acids is 1. The SMILES string of the molecule is CCCCCCC1CCC(CCC2CCC(C(=O)Oc3ccc(OCC)nc3)CC2)CC1. The molecule has 32 heavy (non-hydrogen) atoms. The molecule has 0 aromatic carbocycles. The number of rotatable bonds is 12. The summed E-state index contributed by atoms with van der Waals surface area (Å²) in [5.41, 5.74) is 0. The van der Waals surface area contributed by atoms with Gasteiger partial charge in [0.2, 0.25) is 5.88 Å². The van der Waals surface area contributed by atoms with Crippen LogP contribution in [0.3, 0.4) is 0 Å². The van der Waals surface area contributed by atoms with Crippen LogP contribution in [0.25, 0.3) is 0 Å². The second-order valence-electron chi connectivity index (χ2n) is 10.2. The molecular weight excluding hydrogens is 398 g/mol. The highest BCUT2D eigenvalue weighted by Crippen LogP contribution is 2.38. The zero-order chi connectivity index (χ0) is 22.6. The number of unbranched alkanes of at least 4 members (excludes halogenated alkanes) is 3. The molecule has 0 radical (unpaired) electrons. The van der Waals surface area contributed by atoms with Gasteiger partial charge in [0.25, 0.3) is 0 Å². The molecule has 2 aliphatic carbocycles. The van der Waals surface area contributed by atoms with Crippen molar-refractivity contribution in [1.82, 2.24) is 4.98 Å². The Morgan fingerprint density at radius 1 is 0.844 bits per heavy atom. The molecule has 4 heteroatoms. The Morgan fingerprint density at radius 2 is 1.47 bits per heavy atom. The lowest BCUT2D eigenvalue weighted by Gasteiger charge is -2.31. The van der Waals surface area contributed by atoms with Gasteiger partial charge in [0.15, 0.2) is 0 Å². The largest absolute Gasteiger partial charge is 0.478 e. The lowest BCUT2D eigenvalue weighted by Crippen LogP contribution is -2.26. The van der Waals surface area contributed by atoms with E-state index in [1.807, 2.05) is 6.92 Å². The van der Waals surface area contributed by atoms with Crippen LogP contribution in [0.5, 0.6) is 11.6 Å². The molecule has 0 unspecified atom stereocenters. The van der Waals surface area contributed by atoms with Gasteiger partial charge in [0.05, 0.1) is 18.7 Å².